The Balaban J connectivity index is 0.00000324. The average molecular weight is 314 g/mol. The molecule has 0 saturated carbocycles. The van der Waals surface area contributed by atoms with Gasteiger partial charge in [0.2, 0.25) is 15.9 Å². The van der Waals surface area contributed by atoms with E-state index in [-0.39, 0.29) is 30.3 Å². The van der Waals surface area contributed by atoms with Gasteiger partial charge in [0.05, 0.1) is 0 Å². The minimum Gasteiger partial charge on any atom is -0.348 e. The molecule has 0 bridgehead atoms. The van der Waals surface area contributed by atoms with Gasteiger partial charge in [-0.15, -0.1) is 12.4 Å². The van der Waals surface area contributed by atoms with Gasteiger partial charge in [0, 0.05) is 33.2 Å². The molecule has 8 heteroatoms. The third-order valence-electron chi connectivity index (χ3n) is 3.53. The molecule has 1 aliphatic rings. The van der Waals surface area contributed by atoms with Crippen LogP contribution in [0.5, 0.6) is 0 Å². The van der Waals surface area contributed by atoms with Crippen LogP contribution in [0.25, 0.3) is 0 Å². The summed E-state index contributed by atoms with van der Waals surface area (Å²) in [5.41, 5.74) is 5.79. The summed E-state index contributed by atoms with van der Waals surface area (Å²) in [6.45, 7) is 4.21. The van der Waals surface area contributed by atoms with Crippen molar-refractivity contribution in [1.82, 2.24) is 9.21 Å². The van der Waals surface area contributed by atoms with Gasteiger partial charge in [-0.3, -0.25) is 4.79 Å². The van der Waals surface area contributed by atoms with Gasteiger partial charge in [0.15, 0.2) is 5.25 Å². The molecular weight excluding hydrogens is 290 g/mol. The van der Waals surface area contributed by atoms with Crippen LogP contribution in [-0.4, -0.2) is 62.0 Å². The lowest BCUT2D eigenvalue weighted by molar-refractivity contribution is -0.128. The van der Waals surface area contributed by atoms with Crippen LogP contribution in [0.3, 0.4) is 0 Å². The van der Waals surface area contributed by atoms with Crippen LogP contribution in [0.2, 0.25) is 0 Å². The molecule has 0 aromatic carbocycles. The van der Waals surface area contributed by atoms with Crippen molar-refractivity contribution in [2.45, 2.75) is 31.6 Å². The molecule has 1 heterocycles. The molecule has 0 aromatic heterocycles. The van der Waals surface area contributed by atoms with Crippen LogP contribution in [0.1, 0.15) is 20.3 Å². The third-order valence-corrected chi connectivity index (χ3v) is 5.67. The fraction of sp³-hybridized carbons (Fsp3) is 0.909. The van der Waals surface area contributed by atoms with E-state index in [1.54, 1.807) is 14.1 Å². The molecule has 6 nitrogen and oxygen atoms in total. The number of nitrogens with zero attached hydrogens (tertiary/aromatic N) is 2. The Morgan fingerprint density at radius 3 is 2.26 bits per heavy atom. The normalized spacial score (nSPS) is 23.5. The lowest BCUT2D eigenvalue weighted by Crippen LogP contribution is -2.44. The van der Waals surface area contributed by atoms with Crippen LogP contribution in [0, 0.1) is 5.92 Å². The molecule has 3 atom stereocenters. The lowest BCUT2D eigenvalue weighted by Gasteiger charge is -2.23. The zero-order valence-electron chi connectivity index (χ0n) is 11.9. The number of hydrogen-bond acceptors (Lipinski definition) is 4. The van der Waals surface area contributed by atoms with Gasteiger partial charge in [-0.25, -0.2) is 12.7 Å². The maximum atomic E-state index is 12.3. The second-order valence-electron chi connectivity index (χ2n) is 5.19. The molecule has 1 fully saturated rings. The van der Waals surface area contributed by atoms with E-state index in [4.69, 9.17) is 5.73 Å². The zero-order chi connectivity index (χ0) is 14.1. The molecule has 1 amide bonds. The Bertz CT molecular complexity index is 411. The predicted octanol–water partition coefficient (Wildman–Crippen LogP) is -0.116. The smallest absolute Gasteiger partial charge is 0.241 e. The first kappa shape index (κ1) is 18.6. The monoisotopic (exact) mass is 313 g/mol. The summed E-state index contributed by atoms with van der Waals surface area (Å²) in [7, 11) is -0.446. The van der Waals surface area contributed by atoms with Gasteiger partial charge in [0.1, 0.15) is 0 Å². The number of amides is 1. The highest BCUT2D eigenvalue weighted by Crippen LogP contribution is 2.23. The van der Waals surface area contributed by atoms with Crippen molar-refractivity contribution in [3.05, 3.63) is 0 Å². The van der Waals surface area contributed by atoms with Gasteiger partial charge in [-0.1, -0.05) is 0 Å². The van der Waals surface area contributed by atoms with Crippen molar-refractivity contribution >= 4 is 28.3 Å². The molecule has 1 rings (SSSR count). The number of carbonyl (C=O) groups excluding carboxylic acids is 1. The SMILES string of the molecule is CC(N)C1CCN(S(=O)(=O)C(C)C(=O)N(C)C)C1.Cl. The van der Waals surface area contributed by atoms with Gasteiger partial charge < -0.3 is 10.6 Å². The molecule has 19 heavy (non-hydrogen) atoms. The first-order valence-electron chi connectivity index (χ1n) is 6.13. The van der Waals surface area contributed by atoms with Crippen molar-refractivity contribution in [3.8, 4) is 0 Å². The second-order valence-corrected chi connectivity index (χ2v) is 7.44. The minimum atomic E-state index is -3.56. The molecule has 0 aromatic rings. The first-order valence-corrected chi connectivity index (χ1v) is 7.64. The quantitative estimate of drug-likeness (QED) is 0.784. The Labute approximate surface area is 121 Å². The summed E-state index contributed by atoms with van der Waals surface area (Å²) in [5.74, 6) is -0.208. The fourth-order valence-electron chi connectivity index (χ4n) is 2.13. The van der Waals surface area contributed by atoms with Crippen molar-refractivity contribution in [3.63, 3.8) is 0 Å². The zero-order valence-corrected chi connectivity index (χ0v) is 13.5. The van der Waals surface area contributed by atoms with Crippen molar-refractivity contribution in [1.29, 1.82) is 0 Å². The second kappa shape index (κ2) is 6.88. The van der Waals surface area contributed by atoms with Gasteiger partial charge >= 0.3 is 0 Å². The van der Waals surface area contributed by atoms with Gasteiger partial charge in [-0.2, -0.15) is 0 Å². The highest BCUT2D eigenvalue weighted by molar-refractivity contribution is 7.90. The van der Waals surface area contributed by atoms with Gasteiger partial charge in [-0.05, 0) is 26.2 Å². The summed E-state index contributed by atoms with van der Waals surface area (Å²) >= 11 is 0. The number of carbonyl (C=O) groups is 1. The summed E-state index contributed by atoms with van der Waals surface area (Å²) in [6.07, 6.45) is 0.764. The number of nitrogens with two attached hydrogens (primary N) is 1. The summed E-state index contributed by atoms with van der Waals surface area (Å²) in [5, 5.41) is -1.03. The van der Waals surface area contributed by atoms with Gasteiger partial charge in [0.25, 0.3) is 0 Å². The van der Waals surface area contributed by atoms with Crippen LogP contribution in [0.15, 0.2) is 0 Å². The molecule has 114 valence electrons. The van der Waals surface area contributed by atoms with Crippen LogP contribution < -0.4 is 5.73 Å². The van der Waals surface area contributed by atoms with E-state index in [0.29, 0.717) is 13.1 Å². The molecule has 1 saturated heterocycles. The van der Waals surface area contributed by atoms with E-state index in [1.165, 1.54) is 16.1 Å². The standard InChI is InChI=1S/C11H23N3O3S.ClH/c1-8(12)10-5-6-14(7-10)18(16,17)9(2)11(15)13(3)4;/h8-10H,5-7,12H2,1-4H3;1H. The van der Waals surface area contributed by atoms with Crippen LogP contribution in [0.4, 0.5) is 0 Å². The minimum absolute atomic E-state index is 0. The molecule has 2 N–H and O–H groups in total. The highest BCUT2D eigenvalue weighted by Gasteiger charge is 2.39. The van der Waals surface area contributed by atoms with E-state index in [9.17, 15) is 13.2 Å². The maximum Gasteiger partial charge on any atom is 0.241 e. The van der Waals surface area contributed by atoms with Crippen LogP contribution >= 0.6 is 12.4 Å². The largest absolute Gasteiger partial charge is 0.348 e. The van der Waals surface area contributed by atoms with E-state index in [2.05, 4.69) is 0 Å². The van der Waals surface area contributed by atoms with Crippen molar-refractivity contribution < 1.29 is 13.2 Å². The average Bonchev–Trinajstić information content (AvgIpc) is 2.76. The maximum absolute atomic E-state index is 12.3. The number of rotatable bonds is 4. The Morgan fingerprint density at radius 2 is 1.89 bits per heavy atom. The summed E-state index contributed by atoms with van der Waals surface area (Å²) in [4.78, 5) is 13.1. The number of hydrogen-bond donors (Lipinski definition) is 1. The molecule has 0 spiro atoms. The summed E-state index contributed by atoms with van der Waals surface area (Å²) in [6, 6.07) is -0.0231. The Morgan fingerprint density at radius 1 is 1.37 bits per heavy atom. The molecule has 3 unspecified atom stereocenters. The molecule has 1 aliphatic heterocycles. The number of sulfonamides is 1. The van der Waals surface area contributed by atoms with E-state index in [0.717, 1.165) is 6.42 Å². The topological polar surface area (TPSA) is 83.7 Å². The highest BCUT2D eigenvalue weighted by atomic mass is 35.5. The van der Waals surface area contributed by atoms with E-state index in [1.807, 2.05) is 6.92 Å². The summed E-state index contributed by atoms with van der Waals surface area (Å²) < 4.78 is 26.0. The fourth-order valence-corrected chi connectivity index (χ4v) is 3.80. The molecular formula is C11H24ClN3O3S. The molecule has 0 radical (unpaired) electrons. The van der Waals surface area contributed by atoms with E-state index >= 15 is 0 Å². The predicted molar refractivity (Wildman–Crippen MR) is 77.7 cm³/mol. The van der Waals surface area contributed by atoms with E-state index < -0.39 is 15.3 Å². The third kappa shape index (κ3) is 4.05. The Hall–Kier alpha value is -0.370. The number of halogens is 1. The van der Waals surface area contributed by atoms with Crippen molar-refractivity contribution in [2.24, 2.45) is 11.7 Å². The van der Waals surface area contributed by atoms with Crippen LogP contribution in [-0.2, 0) is 14.8 Å². The van der Waals surface area contributed by atoms with Crippen molar-refractivity contribution in [2.75, 3.05) is 27.2 Å². The Kier molecular flexibility index (Phi) is 6.74. The molecule has 0 aliphatic carbocycles. The lowest BCUT2D eigenvalue weighted by atomic mass is 10.0. The first-order chi connectivity index (χ1) is 8.17.